The quantitative estimate of drug-likeness (QED) is 0.472. The third kappa shape index (κ3) is 4.60. The summed E-state index contributed by atoms with van der Waals surface area (Å²) in [5.74, 6) is -2.67. The van der Waals surface area contributed by atoms with Crippen LogP contribution in [0.1, 0.15) is 45.4 Å². The maximum atomic E-state index is 12.5. The SMILES string of the molecule is COCC1(CCC/C=C/C(C)(F)F)CCC1. The lowest BCUT2D eigenvalue weighted by Gasteiger charge is -2.41. The molecular formula is C13H22F2O. The molecule has 0 atom stereocenters. The molecule has 1 aliphatic rings. The van der Waals surface area contributed by atoms with E-state index < -0.39 is 5.92 Å². The molecule has 0 aliphatic heterocycles. The molecule has 0 aromatic heterocycles. The Morgan fingerprint density at radius 3 is 2.50 bits per heavy atom. The fourth-order valence-electron chi connectivity index (χ4n) is 2.33. The van der Waals surface area contributed by atoms with E-state index in [0.29, 0.717) is 5.41 Å². The maximum absolute atomic E-state index is 12.5. The van der Waals surface area contributed by atoms with Crippen LogP contribution in [-0.2, 0) is 4.74 Å². The average Bonchev–Trinajstić information content (AvgIpc) is 2.11. The highest BCUT2D eigenvalue weighted by atomic mass is 19.3. The summed E-state index contributed by atoms with van der Waals surface area (Å²) in [6.45, 7) is 1.74. The molecule has 0 heterocycles. The molecular weight excluding hydrogens is 210 g/mol. The number of halogens is 2. The minimum Gasteiger partial charge on any atom is -0.384 e. The zero-order valence-corrected chi connectivity index (χ0v) is 10.3. The Morgan fingerprint density at radius 1 is 1.38 bits per heavy atom. The first-order valence-corrected chi connectivity index (χ1v) is 6.02. The molecule has 0 aromatic carbocycles. The van der Waals surface area contributed by atoms with E-state index in [9.17, 15) is 8.78 Å². The zero-order chi connectivity index (χ0) is 12.1. The van der Waals surface area contributed by atoms with Crippen LogP contribution in [0.3, 0.4) is 0 Å². The summed E-state index contributed by atoms with van der Waals surface area (Å²) in [6.07, 6.45) is 9.16. The van der Waals surface area contributed by atoms with Gasteiger partial charge in [0.15, 0.2) is 0 Å². The average molecular weight is 232 g/mol. The first kappa shape index (κ1) is 13.6. The molecule has 1 rings (SSSR count). The van der Waals surface area contributed by atoms with E-state index >= 15 is 0 Å². The molecule has 1 saturated carbocycles. The van der Waals surface area contributed by atoms with Crippen molar-refractivity contribution in [1.82, 2.24) is 0 Å². The molecule has 0 amide bonds. The molecule has 0 bridgehead atoms. The highest BCUT2D eigenvalue weighted by Crippen LogP contribution is 2.45. The Morgan fingerprint density at radius 2 is 2.06 bits per heavy atom. The fourth-order valence-corrected chi connectivity index (χ4v) is 2.33. The van der Waals surface area contributed by atoms with Crippen LogP contribution in [0.2, 0.25) is 0 Å². The van der Waals surface area contributed by atoms with Crippen molar-refractivity contribution >= 4 is 0 Å². The summed E-state index contributed by atoms with van der Waals surface area (Å²) in [4.78, 5) is 0. The summed E-state index contributed by atoms with van der Waals surface area (Å²) in [5.41, 5.74) is 0.358. The van der Waals surface area contributed by atoms with Crippen LogP contribution in [0.25, 0.3) is 0 Å². The number of hydrogen-bond donors (Lipinski definition) is 0. The highest BCUT2D eigenvalue weighted by Gasteiger charge is 2.35. The summed E-state index contributed by atoms with van der Waals surface area (Å²) in [5, 5.41) is 0. The van der Waals surface area contributed by atoms with Gasteiger partial charge in [-0.05, 0) is 43.6 Å². The van der Waals surface area contributed by atoms with Crippen molar-refractivity contribution < 1.29 is 13.5 Å². The lowest BCUT2D eigenvalue weighted by molar-refractivity contribution is 0.00907. The Bertz CT molecular complexity index is 227. The summed E-state index contributed by atoms with van der Waals surface area (Å²) in [6, 6.07) is 0. The van der Waals surface area contributed by atoms with Gasteiger partial charge in [0.05, 0.1) is 6.61 Å². The van der Waals surface area contributed by atoms with Crippen molar-refractivity contribution in [2.75, 3.05) is 13.7 Å². The van der Waals surface area contributed by atoms with Crippen LogP contribution >= 0.6 is 0 Å². The van der Waals surface area contributed by atoms with Crippen LogP contribution < -0.4 is 0 Å². The molecule has 0 saturated heterocycles. The predicted molar refractivity (Wildman–Crippen MR) is 61.8 cm³/mol. The third-order valence-corrected chi connectivity index (χ3v) is 3.35. The minimum absolute atomic E-state index is 0.358. The number of hydrogen-bond acceptors (Lipinski definition) is 1. The summed E-state index contributed by atoms with van der Waals surface area (Å²) in [7, 11) is 1.73. The standard InChI is InChI=1S/C13H22F2O/c1-12(14,15)7-4-3-5-8-13(11-16-2)9-6-10-13/h4,7H,3,5-6,8-11H2,1-2H3/b7-4+. The van der Waals surface area contributed by atoms with E-state index in [0.717, 1.165) is 38.9 Å². The van der Waals surface area contributed by atoms with E-state index in [2.05, 4.69) is 0 Å². The van der Waals surface area contributed by atoms with Gasteiger partial charge in [0, 0.05) is 14.0 Å². The van der Waals surface area contributed by atoms with Crippen LogP contribution in [0, 0.1) is 5.41 Å². The molecule has 0 radical (unpaired) electrons. The molecule has 0 N–H and O–H groups in total. The Hall–Kier alpha value is -0.440. The van der Waals surface area contributed by atoms with Gasteiger partial charge in [0.25, 0.3) is 5.92 Å². The van der Waals surface area contributed by atoms with Crippen LogP contribution in [-0.4, -0.2) is 19.6 Å². The van der Waals surface area contributed by atoms with E-state index in [1.807, 2.05) is 0 Å². The van der Waals surface area contributed by atoms with Crippen LogP contribution in [0.15, 0.2) is 12.2 Å². The second kappa shape index (κ2) is 5.76. The van der Waals surface area contributed by atoms with Crippen molar-refractivity contribution in [3.63, 3.8) is 0 Å². The topological polar surface area (TPSA) is 9.23 Å². The number of alkyl halides is 2. The van der Waals surface area contributed by atoms with E-state index in [1.54, 1.807) is 13.2 Å². The Kier molecular flexibility index (Phi) is 4.90. The molecule has 1 nitrogen and oxygen atoms in total. The maximum Gasteiger partial charge on any atom is 0.263 e. The van der Waals surface area contributed by atoms with E-state index in [4.69, 9.17) is 4.74 Å². The molecule has 0 spiro atoms. The zero-order valence-electron chi connectivity index (χ0n) is 10.3. The normalized spacial score (nSPS) is 20.0. The van der Waals surface area contributed by atoms with Crippen molar-refractivity contribution in [3.05, 3.63) is 12.2 Å². The number of ether oxygens (including phenoxy) is 1. The number of allylic oxidation sites excluding steroid dienone is 2. The molecule has 16 heavy (non-hydrogen) atoms. The van der Waals surface area contributed by atoms with Gasteiger partial charge in [-0.25, -0.2) is 8.78 Å². The predicted octanol–water partition coefficient (Wildman–Crippen LogP) is 4.18. The fraction of sp³-hybridized carbons (Fsp3) is 0.846. The lowest BCUT2D eigenvalue weighted by Crippen LogP contribution is -2.33. The minimum atomic E-state index is -2.67. The summed E-state index contributed by atoms with van der Waals surface area (Å²) >= 11 is 0. The van der Waals surface area contributed by atoms with Gasteiger partial charge in [-0.2, -0.15) is 0 Å². The van der Waals surface area contributed by atoms with Crippen LogP contribution in [0.5, 0.6) is 0 Å². The van der Waals surface area contributed by atoms with E-state index in [-0.39, 0.29) is 0 Å². The highest BCUT2D eigenvalue weighted by molar-refractivity contribution is 4.93. The second-order valence-electron chi connectivity index (χ2n) is 5.04. The molecule has 1 aliphatic carbocycles. The monoisotopic (exact) mass is 232 g/mol. The summed E-state index contributed by atoms with van der Waals surface area (Å²) < 4.78 is 30.2. The molecule has 1 fully saturated rings. The van der Waals surface area contributed by atoms with Gasteiger partial charge in [0.1, 0.15) is 0 Å². The third-order valence-electron chi connectivity index (χ3n) is 3.35. The lowest BCUT2D eigenvalue weighted by atomic mass is 9.66. The second-order valence-corrected chi connectivity index (χ2v) is 5.04. The Balaban J connectivity index is 2.17. The number of methoxy groups -OCH3 is 1. The smallest absolute Gasteiger partial charge is 0.263 e. The number of rotatable bonds is 7. The largest absolute Gasteiger partial charge is 0.384 e. The van der Waals surface area contributed by atoms with Gasteiger partial charge < -0.3 is 4.74 Å². The Labute approximate surface area is 96.9 Å². The molecule has 0 unspecified atom stereocenters. The van der Waals surface area contributed by atoms with Crippen LogP contribution in [0.4, 0.5) is 8.78 Å². The van der Waals surface area contributed by atoms with Gasteiger partial charge in [-0.1, -0.05) is 12.5 Å². The van der Waals surface area contributed by atoms with Gasteiger partial charge in [-0.15, -0.1) is 0 Å². The van der Waals surface area contributed by atoms with E-state index in [1.165, 1.54) is 19.3 Å². The number of unbranched alkanes of at least 4 members (excludes halogenated alkanes) is 1. The molecule has 94 valence electrons. The molecule has 3 heteroatoms. The first-order valence-electron chi connectivity index (χ1n) is 6.02. The van der Waals surface area contributed by atoms with Crippen molar-refractivity contribution in [1.29, 1.82) is 0 Å². The van der Waals surface area contributed by atoms with Gasteiger partial charge >= 0.3 is 0 Å². The van der Waals surface area contributed by atoms with Crippen molar-refractivity contribution in [2.24, 2.45) is 5.41 Å². The first-order chi connectivity index (χ1) is 7.47. The van der Waals surface area contributed by atoms with Gasteiger partial charge in [-0.3, -0.25) is 0 Å². The van der Waals surface area contributed by atoms with Gasteiger partial charge in [0.2, 0.25) is 0 Å². The van der Waals surface area contributed by atoms with Crippen molar-refractivity contribution in [2.45, 2.75) is 51.4 Å². The van der Waals surface area contributed by atoms with Crippen molar-refractivity contribution in [3.8, 4) is 0 Å². The molecule has 0 aromatic rings.